The van der Waals surface area contributed by atoms with Crippen LogP contribution in [0.2, 0.25) is 0 Å². The molecule has 0 radical (unpaired) electrons. The van der Waals surface area contributed by atoms with Crippen molar-refractivity contribution in [1.29, 1.82) is 0 Å². The molecule has 5 rings (SSSR count). The molecule has 0 aliphatic carbocycles. The van der Waals surface area contributed by atoms with Crippen LogP contribution in [0.4, 0.5) is 0 Å². The summed E-state index contributed by atoms with van der Waals surface area (Å²) in [5.41, 5.74) is 4.33. The number of aromatic nitrogens is 4. The lowest BCUT2D eigenvalue weighted by Crippen LogP contribution is -2.29. The molecule has 38 heavy (non-hydrogen) atoms. The van der Waals surface area contributed by atoms with Crippen LogP contribution in [-0.4, -0.2) is 36.9 Å². The van der Waals surface area contributed by atoms with Gasteiger partial charge in [0.05, 0.1) is 30.1 Å². The molecule has 0 amide bonds. The molecule has 0 saturated carbocycles. The number of imidazole rings is 1. The second-order valence-electron chi connectivity index (χ2n) is 9.63. The first-order valence-corrected chi connectivity index (χ1v) is 12.4. The smallest absolute Gasteiger partial charge is 0.328 e. The first-order valence-electron chi connectivity index (χ1n) is 12.4. The highest BCUT2D eigenvalue weighted by molar-refractivity contribution is 5.83. The van der Waals surface area contributed by atoms with Crippen LogP contribution >= 0.6 is 0 Å². The maximum Gasteiger partial charge on any atom is 0.328 e. The van der Waals surface area contributed by atoms with Crippen LogP contribution in [0.3, 0.4) is 0 Å². The molecule has 1 atom stereocenters. The van der Waals surface area contributed by atoms with Crippen molar-refractivity contribution in [3.05, 3.63) is 98.0 Å². The summed E-state index contributed by atoms with van der Waals surface area (Å²) in [5, 5.41) is 12.1. The molecule has 0 aliphatic rings. The number of carbonyl (C=O) groups excluding carboxylic acids is 1. The highest BCUT2D eigenvalue weighted by atomic mass is 16.5. The van der Waals surface area contributed by atoms with Crippen molar-refractivity contribution in [2.75, 3.05) is 7.11 Å². The summed E-state index contributed by atoms with van der Waals surface area (Å²) < 4.78 is 9.63. The standard InChI is InChI=1S/C29H30N4O5/c1-17-13-25(34)27(28(36)33(17)12-11-19-16-30-22-8-6-5-7-20(19)22)21(15-26(35)38-4)18-9-10-23-24(14-18)32(3)29(37)31(23)2/h5-10,13-14,16,21,30,34H,11-12,15H2,1-4H3/t21-/m1/s1. The zero-order valence-corrected chi connectivity index (χ0v) is 21.8. The molecule has 5 aromatic rings. The average Bonchev–Trinajstić information content (AvgIpc) is 3.42. The first kappa shape index (κ1) is 25.1. The van der Waals surface area contributed by atoms with E-state index in [1.54, 1.807) is 49.9 Å². The number of H-pyrrole nitrogens is 1. The molecule has 2 aromatic carbocycles. The van der Waals surface area contributed by atoms with Crippen LogP contribution in [0.15, 0.2) is 64.3 Å². The number of aryl methyl sites for hydroxylation is 4. The Labute approximate surface area is 218 Å². The SMILES string of the molecule is COC(=O)C[C@H](c1ccc2c(c1)n(C)c(=O)n2C)c1c(O)cc(C)n(CCc2c[nH]c3ccccc23)c1=O. The van der Waals surface area contributed by atoms with E-state index in [0.29, 0.717) is 29.7 Å². The van der Waals surface area contributed by atoms with Gasteiger partial charge < -0.3 is 19.4 Å². The Balaban J connectivity index is 1.60. The van der Waals surface area contributed by atoms with Gasteiger partial charge in [-0.15, -0.1) is 0 Å². The summed E-state index contributed by atoms with van der Waals surface area (Å²) >= 11 is 0. The van der Waals surface area contributed by atoms with Gasteiger partial charge >= 0.3 is 11.7 Å². The molecule has 9 heteroatoms. The van der Waals surface area contributed by atoms with Gasteiger partial charge in [0.15, 0.2) is 0 Å². The van der Waals surface area contributed by atoms with Gasteiger partial charge in [-0.1, -0.05) is 24.3 Å². The van der Waals surface area contributed by atoms with E-state index in [-0.39, 0.29) is 29.0 Å². The van der Waals surface area contributed by atoms with Crippen LogP contribution < -0.4 is 11.2 Å². The summed E-state index contributed by atoms with van der Waals surface area (Å²) in [5.74, 6) is -1.46. The van der Waals surface area contributed by atoms with Crippen LogP contribution in [0, 0.1) is 6.92 Å². The van der Waals surface area contributed by atoms with Crippen molar-refractivity contribution in [3.8, 4) is 5.75 Å². The number of hydrogen-bond donors (Lipinski definition) is 2. The number of pyridine rings is 1. The maximum absolute atomic E-state index is 13.9. The zero-order valence-electron chi connectivity index (χ0n) is 21.8. The van der Waals surface area contributed by atoms with E-state index in [1.807, 2.05) is 30.5 Å². The number of nitrogens with zero attached hydrogens (tertiary/aromatic N) is 3. The van der Waals surface area contributed by atoms with Gasteiger partial charge in [0.25, 0.3) is 5.56 Å². The van der Waals surface area contributed by atoms with Crippen LogP contribution in [0.1, 0.15) is 34.7 Å². The van der Waals surface area contributed by atoms with Gasteiger partial charge in [0.1, 0.15) is 5.75 Å². The van der Waals surface area contributed by atoms with Crippen molar-refractivity contribution in [3.63, 3.8) is 0 Å². The molecular weight excluding hydrogens is 484 g/mol. The van der Waals surface area contributed by atoms with Gasteiger partial charge in [-0.3, -0.25) is 18.7 Å². The fourth-order valence-electron chi connectivity index (χ4n) is 5.32. The Hall–Kier alpha value is -4.53. The quantitative estimate of drug-likeness (QED) is 0.323. The van der Waals surface area contributed by atoms with Crippen LogP contribution in [-0.2, 0) is 36.6 Å². The van der Waals surface area contributed by atoms with Gasteiger partial charge in [0.2, 0.25) is 0 Å². The Morgan fingerprint density at radius 1 is 1.05 bits per heavy atom. The lowest BCUT2D eigenvalue weighted by molar-refractivity contribution is -0.140. The van der Waals surface area contributed by atoms with Crippen molar-refractivity contribution in [2.45, 2.75) is 32.2 Å². The molecule has 196 valence electrons. The number of methoxy groups -OCH3 is 1. The minimum Gasteiger partial charge on any atom is -0.507 e. The van der Waals surface area contributed by atoms with Crippen molar-refractivity contribution < 1.29 is 14.6 Å². The Bertz CT molecular complexity index is 1800. The Morgan fingerprint density at radius 2 is 1.79 bits per heavy atom. The summed E-state index contributed by atoms with van der Waals surface area (Å²) in [7, 11) is 4.65. The number of nitrogens with one attached hydrogen (secondary N) is 1. The van der Waals surface area contributed by atoms with Crippen LogP contribution in [0.25, 0.3) is 21.9 Å². The van der Waals surface area contributed by atoms with Crippen LogP contribution in [0.5, 0.6) is 5.75 Å². The number of hydrogen-bond acceptors (Lipinski definition) is 5. The zero-order chi connectivity index (χ0) is 27.1. The third kappa shape index (κ3) is 4.19. The fraction of sp³-hybridized carbons (Fsp3) is 0.276. The molecule has 0 saturated heterocycles. The van der Waals surface area contributed by atoms with E-state index >= 15 is 0 Å². The number of aromatic amines is 1. The lowest BCUT2D eigenvalue weighted by Gasteiger charge is -2.21. The molecule has 0 aliphatic heterocycles. The number of carbonyl (C=O) groups is 1. The van der Waals surface area contributed by atoms with E-state index in [0.717, 1.165) is 22.0 Å². The van der Waals surface area contributed by atoms with Gasteiger partial charge in [-0.05, 0) is 48.7 Å². The van der Waals surface area contributed by atoms with Crippen molar-refractivity contribution in [1.82, 2.24) is 18.7 Å². The number of esters is 1. The molecule has 9 nitrogen and oxygen atoms in total. The fourth-order valence-corrected chi connectivity index (χ4v) is 5.32. The summed E-state index contributed by atoms with van der Waals surface area (Å²) in [6.07, 6.45) is 2.41. The molecular formula is C29H30N4O5. The predicted molar refractivity (Wildman–Crippen MR) is 146 cm³/mol. The van der Waals surface area contributed by atoms with Gasteiger partial charge in [0, 0.05) is 49.4 Å². The maximum atomic E-state index is 13.9. The molecule has 0 fully saturated rings. The van der Waals surface area contributed by atoms with E-state index < -0.39 is 11.9 Å². The first-order chi connectivity index (χ1) is 18.2. The number of rotatable bonds is 7. The molecule has 0 spiro atoms. The topological polar surface area (TPSA) is 111 Å². The highest BCUT2D eigenvalue weighted by Gasteiger charge is 2.27. The lowest BCUT2D eigenvalue weighted by atomic mass is 9.88. The molecule has 0 bridgehead atoms. The number of ether oxygens (including phenoxy) is 1. The number of fused-ring (bicyclic) bond motifs is 2. The van der Waals surface area contributed by atoms with Crippen molar-refractivity contribution in [2.24, 2.45) is 14.1 Å². The second-order valence-corrected chi connectivity index (χ2v) is 9.63. The normalized spacial score (nSPS) is 12.3. The molecule has 3 heterocycles. The Morgan fingerprint density at radius 3 is 2.55 bits per heavy atom. The minimum absolute atomic E-state index is 0.125. The predicted octanol–water partition coefficient (Wildman–Crippen LogP) is 3.47. The summed E-state index contributed by atoms with van der Waals surface area (Å²) in [4.78, 5) is 42.1. The van der Waals surface area contributed by atoms with E-state index in [4.69, 9.17) is 4.74 Å². The number of para-hydroxylation sites is 1. The number of aromatic hydroxyl groups is 1. The van der Waals surface area contributed by atoms with Crippen molar-refractivity contribution >= 4 is 27.9 Å². The largest absolute Gasteiger partial charge is 0.507 e. The highest BCUT2D eigenvalue weighted by Crippen LogP contribution is 2.34. The third-order valence-corrected chi connectivity index (χ3v) is 7.45. The van der Waals surface area contributed by atoms with E-state index in [9.17, 15) is 19.5 Å². The molecule has 3 aromatic heterocycles. The van der Waals surface area contributed by atoms with Gasteiger partial charge in [-0.25, -0.2) is 4.79 Å². The monoisotopic (exact) mass is 514 g/mol. The number of benzene rings is 2. The minimum atomic E-state index is -0.769. The second kappa shape index (κ2) is 9.74. The Kier molecular flexibility index (Phi) is 6.44. The summed E-state index contributed by atoms with van der Waals surface area (Å²) in [6.45, 7) is 2.18. The third-order valence-electron chi connectivity index (χ3n) is 7.45. The molecule has 2 N–H and O–H groups in total. The van der Waals surface area contributed by atoms with E-state index in [2.05, 4.69) is 4.98 Å². The van der Waals surface area contributed by atoms with Gasteiger partial charge in [-0.2, -0.15) is 0 Å². The summed E-state index contributed by atoms with van der Waals surface area (Å²) in [6, 6.07) is 14.9. The molecule has 0 unspecified atom stereocenters. The average molecular weight is 515 g/mol. The van der Waals surface area contributed by atoms with E-state index in [1.165, 1.54) is 16.2 Å².